The van der Waals surface area contributed by atoms with Gasteiger partial charge in [0.2, 0.25) is 0 Å². The minimum atomic E-state index is 1.16. The fraction of sp³-hybridized carbons (Fsp3) is 1.00. The van der Waals surface area contributed by atoms with Gasteiger partial charge in [-0.3, -0.25) is 0 Å². The van der Waals surface area contributed by atoms with Gasteiger partial charge >= 0.3 is 0 Å². The van der Waals surface area contributed by atoms with E-state index in [-0.39, 0.29) is 0 Å². The summed E-state index contributed by atoms with van der Waals surface area (Å²) in [4.78, 5) is 2.78. The van der Waals surface area contributed by atoms with E-state index in [9.17, 15) is 0 Å². The lowest BCUT2D eigenvalue weighted by Crippen LogP contribution is -2.29. The number of nitrogens with zero attached hydrogens (tertiary/aromatic N) is 1. The van der Waals surface area contributed by atoms with Gasteiger partial charge in [-0.2, -0.15) is 0 Å². The smallest absolute Gasteiger partial charge is 0.000664 e. The van der Waals surface area contributed by atoms with Crippen LogP contribution in [0.4, 0.5) is 0 Å². The maximum Gasteiger partial charge on any atom is -0.000664 e. The summed E-state index contributed by atoms with van der Waals surface area (Å²) in [6.07, 6.45) is 48.0. The summed E-state index contributed by atoms with van der Waals surface area (Å²) >= 11 is 0. The third kappa shape index (κ3) is 36.1. The Labute approximate surface area is 268 Å². The summed E-state index contributed by atoms with van der Waals surface area (Å²) in [5.41, 5.74) is 0. The molecule has 0 spiro atoms. The van der Waals surface area contributed by atoms with Gasteiger partial charge < -0.3 is 10.2 Å². The van der Waals surface area contributed by atoms with Gasteiger partial charge in [-0.15, -0.1) is 0 Å². The Morgan fingerprint density at radius 3 is 0.738 bits per heavy atom. The molecule has 0 aliphatic heterocycles. The molecule has 0 atom stereocenters. The standard InChI is InChI=1S/C40H84N2/c1-4-6-8-10-12-14-16-18-20-22-24-26-28-30-32-34-38-42(40-36-37-41-3)39-35-33-31-29-27-25-23-21-19-17-15-13-11-9-7-5-2/h41H,4-40H2,1-3H3. The molecule has 0 saturated heterocycles. The summed E-state index contributed by atoms with van der Waals surface area (Å²) in [5.74, 6) is 0. The van der Waals surface area contributed by atoms with Gasteiger partial charge in [0, 0.05) is 0 Å². The second-order valence-electron chi connectivity index (χ2n) is 13.9. The van der Waals surface area contributed by atoms with Crippen molar-refractivity contribution < 1.29 is 0 Å². The van der Waals surface area contributed by atoms with Crippen LogP contribution in [0.1, 0.15) is 226 Å². The van der Waals surface area contributed by atoms with Gasteiger partial charge in [-0.1, -0.05) is 206 Å². The third-order valence-electron chi connectivity index (χ3n) is 9.56. The lowest BCUT2D eigenvalue weighted by molar-refractivity contribution is 0.256. The zero-order valence-corrected chi connectivity index (χ0v) is 30.1. The third-order valence-corrected chi connectivity index (χ3v) is 9.56. The van der Waals surface area contributed by atoms with Crippen LogP contribution in [0.15, 0.2) is 0 Å². The summed E-state index contributed by atoms with van der Waals surface area (Å²) in [5, 5.41) is 3.34. The maximum absolute atomic E-state index is 3.34. The molecule has 42 heavy (non-hydrogen) atoms. The first-order valence-electron chi connectivity index (χ1n) is 20.2. The summed E-state index contributed by atoms with van der Waals surface area (Å²) in [6, 6.07) is 0. The molecule has 0 saturated carbocycles. The molecular weight excluding hydrogens is 508 g/mol. The Hall–Kier alpha value is -0.0800. The number of unbranched alkanes of at least 4 members (excludes halogenated alkanes) is 30. The van der Waals surface area contributed by atoms with Crippen LogP contribution < -0.4 is 5.32 Å². The SMILES string of the molecule is CCCCCCCCCCCCCCCCCCN(CCCCCCCCCCCCCCCCCC)CCCNC. The first kappa shape index (κ1) is 41.9. The minimum Gasteiger partial charge on any atom is -0.320 e. The van der Waals surface area contributed by atoms with Crippen LogP contribution in [0.5, 0.6) is 0 Å². The average Bonchev–Trinajstić information content (AvgIpc) is 3.00. The molecule has 0 aromatic rings. The largest absolute Gasteiger partial charge is 0.320 e. The van der Waals surface area contributed by atoms with E-state index in [1.165, 1.54) is 232 Å². The molecule has 0 aromatic carbocycles. The summed E-state index contributed by atoms with van der Waals surface area (Å²) in [7, 11) is 2.09. The highest BCUT2D eigenvalue weighted by Crippen LogP contribution is 2.16. The lowest BCUT2D eigenvalue weighted by atomic mass is 10.0. The van der Waals surface area contributed by atoms with E-state index >= 15 is 0 Å². The van der Waals surface area contributed by atoms with E-state index < -0.39 is 0 Å². The number of hydrogen-bond acceptors (Lipinski definition) is 2. The van der Waals surface area contributed by atoms with E-state index in [1.807, 2.05) is 0 Å². The van der Waals surface area contributed by atoms with Crippen LogP contribution in [0.2, 0.25) is 0 Å². The van der Waals surface area contributed by atoms with Crippen LogP contribution in [-0.4, -0.2) is 38.1 Å². The van der Waals surface area contributed by atoms with Crippen molar-refractivity contribution in [3.63, 3.8) is 0 Å². The monoisotopic (exact) mass is 593 g/mol. The molecule has 2 nitrogen and oxygen atoms in total. The Balaban J connectivity index is 3.52. The fourth-order valence-corrected chi connectivity index (χ4v) is 6.58. The quantitative estimate of drug-likeness (QED) is 0.0717. The molecule has 0 aliphatic carbocycles. The minimum absolute atomic E-state index is 1.16. The van der Waals surface area contributed by atoms with Crippen molar-refractivity contribution in [2.45, 2.75) is 226 Å². The van der Waals surface area contributed by atoms with E-state index in [0.29, 0.717) is 0 Å². The molecule has 0 radical (unpaired) electrons. The Bertz CT molecular complexity index is 415. The highest BCUT2D eigenvalue weighted by molar-refractivity contribution is 4.61. The number of hydrogen-bond donors (Lipinski definition) is 1. The molecule has 2 heteroatoms. The van der Waals surface area contributed by atoms with Crippen LogP contribution in [-0.2, 0) is 0 Å². The molecule has 0 aromatic heterocycles. The molecule has 0 amide bonds. The molecule has 0 heterocycles. The van der Waals surface area contributed by atoms with Crippen molar-refractivity contribution in [3.05, 3.63) is 0 Å². The number of rotatable bonds is 38. The van der Waals surface area contributed by atoms with E-state index in [4.69, 9.17) is 0 Å². The van der Waals surface area contributed by atoms with Crippen LogP contribution in [0.25, 0.3) is 0 Å². The van der Waals surface area contributed by atoms with Gasteiger partial charge in [-0.25, -0.2) is 0 Å². The second kappa shape index (κ2) is 38.9. The topological polar surface area (TPSA) is 15.3 Å². The zero-order valence-electron chi connectivity index (χ0n) is 30.1. The predicted molar refractivity (Wildman–Crippen MR) is 194 cm³/mol. The molecule has 254 valence electrons. The van der Waals surface area contributed by atoms with Gasteiger partial charge in [0.1, 0.15) is 0 Å². The average molecular weight is 593 g/mol. The Morgan fingerprint density at radius 1 is 0.286 bits per heavy atom. The molecule has 0 unspecified atom stereocenters. The van der Waals surface area contributed by atoms with Gasteiger partial charge in [0.25, 0.3) is 0 Å². The zero-order chi connectivity index (χ0) is 30.4. The van der Waals surface area contributed by atoms with Crippen LogP contribution in [0, 0.1) is 0 Å². The normalized spacial score (nSPS) is 11.7. The Morgan fingerprint density at radius 2 is 0.500 bits per heavy atom. The second-order valence-corrected chi connectivity index (χ2v) is 13.9. The van der Waals surface area contributed by atoms with Gasteiger partial charge in [0.15, 0.2) is 0 Å². The predicted octanol–water partition coefficient (Wildman–Crippen LogP) is 13.4. The molecular formula is C40H84N2. The van der Waals surface area contributed by atoms with Crippen molar-refractivity contribution in [3.8, 4) is 0 Å². The molecule has 0 bridgehead atoms. The van der Waals surface area contributed by atoms with Crippen molar-refractivity contribution >= 4 is 0 Å². The van der Waals surface area contributed by atoms with Crippen molar-refractivity contribution in [1.29, 1.82) is 0 Å². The van der Waals surface area contributed by atoms with Crippen molar-refractivity contribution in [1.82, 2.24) is 10.2 Å². The molecule has 0 aliphatic rings. The van der Waals surface area contributed by atoms with E-state index in [2.05, 4.69) is 31.1 Å². The highest BCUT2D eigenvalue weighted by atomic mass is 15.1. The van der Waals surface area contributed by atoms with Gasteiger partial charge in [0.05, 0.1) is 0 Å². The highest BCUT2D eigenvalue weighted by Gasteiger charge is 2.05. The van der Waals surface area contributed by atoms with E-state index in [1.54, 1.807) is 0 Å². The fourth-order valence-electron chi connectivity index (χ4n) is 6.58. The molecule has 1 N–H and O–H groups in total. The first-order valence-corrected chi connectivity index (χ1v) is 20.2. The van der Waals surface area contributed by atoms with Crippen LogP contribution >= 0.6 is 0 Å². The number of nitrogens with one attached hydrogen (secondary N) is 1. The van der Waals surface area contributed by atoms with Crippen molar-refractivity contribution in [2.75, 3.05) is 33.2 Å². The van der Waals surface area contributed by atoms with E-state index in [0.717, 1.165) is 6.54 Å². The van der Waals surface area contributed by atoms with Crippen LogP contribution in [0.3, 0.4) is 0 Å². The lowest BCUT2D eigenvalue weighted by Gasteiger charge is -2.22. The van der Waals surface area contributed by atoms with Crippen molar-refractivity contribution in [2.24, 2.45) is 0 Å². The molecule has 0 rings (SSSR count). The maximum atomic E-state index is 3.34. The Kier molecular flexibility index (Phi) is 38.9. The summed E-state index contributed by atoms with van der Waals surface area (Å²) < 4.78 is 0. The molecule has 0 fully saturated rings. The van der Waals surface area contributed by atoms with Gasteiger partial charge in [-0.05, 0) is 52.5 Å². The summed E-state index contributed by atoms with van der Waals surface area (Å²) in [6.45, 7) is 9.74. The first-order chi connectivity index (χ1) is 20.8.